The molecule has 1 aliphatic heterocycles. The molecular formula is C18H15Cl2FN2OS. The third-order valence-corrected chi connectivity index (χ3v) is 5.40. The smallest absolute Gasteiger partial charge is 0.233 e. The molecule has 1 atom stereocenters. The first-order chi connectivity index (χ1) is 11.9. The highest BCUT2D eigenvalue weighted by Crippen LogP contribution is 2.30. The lowest BCUT2D eigenvalue weighted by atomic mass is 10.1. The number of rotatable bonds is 3. The Morgan fingerprint density at radius 1 is 1.28 bits per heavy atom. The van der Waals surface area contributed by atoms with Crippen LogP contribution in [0.5, 0.6) is 0 Å². The normalized spacial score (nSPS) is 18.8. The van der Waals surface area contributed by atoms with Gasteiger partial charge in [0.05, 0.1) is 12.1 Å². The number of nitrogens with zero attached hydrogens (tertiary/aromatic N) is 2. The number of halogens is 3. The van der Waals surface area contributed by atoms with Crippen LogP contribution in [0.25, 0.3) is 0 Å². The second kappa shape index (κ2) is 7.77. The van der Waals surface area contributed by atoms with Gasteiger partial charge in [-0.3, -0.25) is 9.69 Å². The van der Waals surface area contributed by atoms with Crippen LogP contribution in [-0.4, -0.2) is 27.8 Å². The van der Waals surface area contributed by atoms with E-state index >= 15 is 0 Å². The lowest BCUT2D eigenvalue weighted by molar-refractivity contribution is -0.126. The Bertz CT molecular complexity index is 806. The van der Waals surface area contributed by atoms with Gasteiger partial charge in [-0.1, -0.05) is 48.0 Å². The zero-order valence-corrected chi connectivity index (χ0v) is 15.7. The molecule has 1 saturated heterocycles. The highest BCUT2D eigenvalue weighted by molar-refractivity contribution is 8.14. The van der Waals surface area contributed by atoms with Crippen molar-refractivity contribution in [1.29, 1.82) is 0 Å². The summed E-state index contributed by atoms with van der Waals surface area (Å²) in [5.74, 6) is -0.700. The fraction of sp³-hybridized carbons (Fsp3) is 0.222. The number of benzene rings is 2. The van der Waals surface area contributed by atoms with E-state index in [1.807, 2.05) is 6.92 Å². The van der Waals surface area contributed by atoms with E-state index in [9.17, 15) is 9.18 Å². The largest absolute Gasteiger partial charge is 0.290 e. The van der Waals surface area contributed by atoms with Crippen molar-refractivity contribution in [2.75, 3.05) is 6.54 Å². The van der Waals surface area contributed by atoms with Crippen molar-refractivity contribution < 1.29 is 9.18 Å². The molecule has 0 radical (unpaired) electrons. The number of carbonyl (C=O) groups is 1. The van der Waals surface area contributed by atoms with Gasteiger partial charge in [-0.15, -0.1) is 0 Å². The molecule has 3 rings (SSSR count). The summed E-state index contributed by atoms with van der Waals surface area (Å²) in [5.41, 5.74) is 0.923. The van der Waals surface area contributed by atoms with Gasteiger partial charge >= 0.3 is 0 Å². The van der Waals surface area contributed by atoms with Crippen molar-refractivity contribution in [3.05, 3.63) is 63.9 Å². The van der Waals surface area contributed by atoms with E-state index in [0.717, 1.165) is 0 Å². The van der Waals surface area contributed by atoms with E-state index in [1.165, 1.54) is 23.9 Å². The second-order valence-corrected chi connectivity index (χ2v) is 7.93. The average molecular weight is 397 g/mol. The van der Waals surface area contributed by atoms with Gasteiger partial charge in [0.15, 0.2) is 5.17 Å². The van der Waals surface area contributed by atoms with E-state index in [4.69, 9.17) is 23.2 Å². The zero-order valence-electron chi connectivity index (χ0n) is 13.4. The SMILES string of the molecule is C[C@@H]1CN(C(=O)Cc2c(F)cccc2Cl)C(=Nc2ccc(Cl)cc2)S1. The van der Waals surface area contributed by atoms with Crippen LogP contribution in [0.15, 0.2) is 47.5 Å². The van der Waals surface area contributed by atoms with Crippen LogP contribution in [0.1, 0.15) is 12.5 Å². The monoisotopic (exact) mass is 396 g/mol. The minimum absolute atomic E-state index is 0.0988. The van der Waals surface area contributed by atoms with Crippen LogP contribution in [0, 0.1) is 5.82 Å². The Labute approximate surface area is 159 Å². The minimum Gasteiger partial charge on any atom is -0.290 e. The molecule has 1 amide bonds. The number of hydrogen-bond acceptors (Lipinski definition) is 3. The van der Waals surface area contributed by atoms with E-state index in [1.54, 1.807) is 35.2 Å². The Balaban J connectivity index is 1.84. The van der Waals surface area contributed by atoms with Crippen molar-refractivity contribution in [3.63, 3.8) is 0 Å². The lowest BCUT2D eigenvalue weighted by Crippen LogP contribution is -2.34. The van der Waals surface area contributed by atoms with Gasteiger partial charge in [-0.05, 0) is 36.4 Å². The summed E-state index contributed by atoms with van der Waals surface area (Å²) in [7, 11) is 0. The van der Waals surface area contributed by atoms with Crippen LogP contribution in [0.4, 0.5) is 10.1 Å². The molecule has 0 saturated carbocycles. The van der Waals surface area contributed by atoms with Gasteiger partial charge in [0.25, 0.3) is 0 Å². The molecule has 2 aromatic carbocycles. The van der Waals surface area contributed by atoms with Crippen LogP contribution in [-0.2, 0) is 11.2 Å². The van der Waals surface area contributed by atoms with Crippen molar-refractivity contribution in [2.45, 2.75) is 18.6 Å². The summed E-state index contributed by atoms with van der Waals surface area (Å²) < 4.78 is 14.0. The topological polar surface area (TPSA) is 32.7 Å². The standard InChI is InChI=1S/C18H15Cl2FN2OS/c1-11-10-23(17(24)9-14-15(20)3-2-4-16(14)21)18(25-11)22-13-7-5-12(19)6-8-13/h2-8,11H,9-10H2,1H3/t11-/m1/s1. The molecule has 1 fully saturated rings. The van der Waals surface area contributed by atoms with Crippen LogP contribution in [0.2, 0.25) is 10.0 Å². The minimum atomic E-state index is -0.475. The Morgan fingerprint density at radius 3 is 2.68 bits per heavy atom. The third-order valence-electron chi connectivity index (χ3n) is 3.72. The molecule has 0 aliphatic carbocycles. The molecule has 0 spiro atoms. The fourth-order valence-electron chi connectivity index (χ4n) is 2.49. The quantitative estimate of drug-likeness (QED) is 0.702. The molecule has 3 nitrogen and oxygen atoms in total. The van der Waals surface area contributed by atoms with Gasteiger partial charge in [0.2, 0.25) is 5.91 Å². The molecule has 0 N–H and O–H groups in total. The molecule has 1 aliphatic rings. The Morgan fingerprint density at radius 2 is 2.00 bits per heavy atom. The number of carbonyl (C=O) groups excluding carboxylic acids is 1. The third kappa shape index (κ3) is 4.35. The Kier molecular flexibility index (Phi) is 5.67. The summed E-state index contributed by atoms with van der Waals surface area (Å²) in [6, 6.07) is 11.5. The molecule has 7 heteroatoms. The van der Waals surface area contributed by atoms with Crippen molar-refractivity contribution in [2.24, 2.45) is 4.99 Å². The summed E-state index contributed by atoms with van der Waals surface area (Å²) in [5, 5.41) is 1.70. The lowest BCUT2D eigenvalue weighted by Gasteiger charge is -2.17. The van der Waals surface area contributed by atoms with E-state index in [2.05, 4.69) is 4.99 Å². The van der Waals surface area contributed by atoms with Gasteiger partial charge in [0, 0.05) is 27.4 Å². The number of thioether (sulfide) groups is 1. The molecule has 0 bridgehead atoms. The van der Waals surface area contributed by atoms with Gasteiger partial charge < -0.3 is 0 Å². The van der Waals surface area contributed by atoms with Crippen LogP contribution < -0.4 is 0 Å². The molecule has 0 aromatic heterocycles. The maximum atomic E-state index is 14.0. The highest BCUT2D eigenvalue weighted by Gasteiger charge is 2.31. The summed E-state index contributed by atoms with van der Waals surface area (Å²) in [6.07, 6.45) is -0.0988. The first-order valence-electron chi connectivity index (χ1n) is 7.68. The Hall–Kier alpha value is -1.56. The van der Waals surface area contributed by atoms with Gasteiger partial charge in [-0.2, -0.15) is 0 Å². The molecule has 1 heterocycles. The number of amides is 1. The predicted octanol–water partition coefficient (Wildman–Crippen LogP) is 5.33. The summed E-state index contributed by atoms with van der Waals surface area (Å²) in [4.78, 5) is 18.8. The maximum Gasteiger partial charge on any atom is 0.233 e. The first-order valence-corrected chi connectivity index (χ1v) is 9.32. The number of amidine groups is 1. The molecular weight excluding hydrogens is 382 g/mol. The molecule has 130 valence electrons. The highest BCUT2D eigenvalue weighted by atomic mass is 35.5. The predicted molar refractivity (Wildman–Crippen MR) is 102 cm³/mol. The first kappa shape index (κ1) is 18.2. The molecule has 0 unspecified atom stereocenters. The second-order valence-electron chi connectivity index (χ2n) is 5.68. The number of hydrogen-bond donors (Lipinski definition) is 0. The molecule has 2 aromatic rings. The zero-order chi connectivity index (χ0) is 18.0. The summed E-state index contributed by atoms with van der Waals surface area (Å²) >= 11 is 13.4. The molecule has 25 heavy (non-hydrogen) atoms. The van der Waals surface area contributed by atoms with Crippen LogP contribution >= 0.6 is 35.0 Å². The van der Waals surface area contributed by atoms with Crippen molar-refractivity contribution >= 4 is 51.7 Å². The van der Waals surface area contributed by atoms with Gasteiger partial charge in [0.1, 0.15) is 5.82 Å². The van der Waals surface area contributed by atoms with E-state index < -0.39 is 5.82 Å². The van der Waals surface area contributed by atoms with Crippen molar-refractivity contribution in [3.8, 4) is 0 Å². The average Bonchev–Trinajstić information content (AvgIpc) is 2.94. The van der Waals surface area contributed by atoms with E-state index in [0.29, 0.717) is 22.4 Å². The maximum absolute atomic E-state index is 14.0. The summed E-state index contributed by atoms with van der Waals surface area (Å²) in [6.45, 7) is 2.55. The number of aliphatic imine (C=N–C) groups is 1. The van der Waals surface area contributed by atoms with E-state index in [-0.39, 0.29) is 28.2 Å². The van der Waals surface area contributed by atoms with Gasteiger partial charge in [-0.25, -0.2) is 9.38 Å². The fourth-order valence-corrected chi connectivity index (χ4v) is 3.89. The van der Waals surface area contributed by atoms with Crippen LogP contribution in [0.3, 0.4) is 0 Å². The van der Waals surface area contributed by atoms with Crippen molar-refractivity contribution in [1.82, 2.24) is 4.90 Å².